The maximum atomic E-state index is 11.4. The van der Waals surface area contributed by atoms with Crippen LogP contribution in [-0.2, 0) is 23.8 Å². The first-order chi connectivity index (χ1) is 6.94. The number of ketones is 1. The molecule has 1 fully saturated rings. The molecule has 1 aliphatic rings. The van der Waals surface area contributed by atoms with Gasteiger partial charge in [-0.15, -0.1) is 0 Å². The minimum absolute atomic E-state index is 0.0405. The van der Waals surface area contributed by atoms with Gasteiger partial charge in [0, 0.05) is 6.42 Å². The van der Waals surface area contributed by atoms with Crippen LogP contribution in [0.3, 0.4) is 0 Å². The lowest BCUT2D eigenvalue weighted by molar-refractivity contribution is -0.259. The molecule has 1 rings (SSSR count). The molecule has 0 N–H and O–H groups in total. The second kappa shape index (κ2) is 4.72. The van der Waals surface area contributed by atoms with Gasteiger partial charge < -0.3 is 14.2 Å². The van der Waals surface area contributed by atoms with Gasteiger partial charge >= 0.3 is 5.97 Å². The molecule has 1 aliphatic heterocycles. The van der Waals surface area contributed by atoms with Crippen molar-refractivity contribution in [3.05, 3.63) is 0 Å². The Hall–Kier alpha value is -0.940. The molecule has 15 heavy (non-hydrogen) atoms. The van der Waals surface area contributed by atoms with E-state index in [0.29, 0.717) is 6.42 Å². The predicted molar refractivity (Wildman–Crippen MR) is 51.2 cm³/mol. The summed E-state index contributed by atoms with van der Waals surface area (Å²) in [5.74, 6) is -1.22. The lowest BCUT2D eigenvalue weighted by atomic mass is 10.1. The third-order valence-electron chi connectivity index (χ3n) is 2.19. The summed E-state index contributed by atoms with van der Waals surface area (Å²) in [5, 5.41) is 0. The van der Waals surface area contributed by atoms with Crippen LogP contribution in [0.25, 0.3) is 0 Å². The zero-order valence-electron chi connectivity index (χ0n) is 9.24. The van der Waals surface area contributed by atoms with Crippen molar-refractivity contribution in [3.8, 4) is 0 Å². The number of hydrogen-bond acceptors (Lipinski definition) is 5. The van der Waals surface area contributed by atoms with Crippen molar-refractivity contribution in [2.24, 2.45) is 0 Å². The summed E-state index contributed by atoms with van der Waals surface area (Å²) in [4.78, 5) is 22.3. The van der Waals surface area contributed by atoms with Gasteiger partial charge in [-0.25, -0.2) is 0 Å². The molecule has 0 aromatic carbocycles. The van der Waals surface area contributed by atoms with Crippen LogP contribution in [-0.4, -0.2) is 37.4 Å². The average Bonchev–Trinajstić information content (AvgIpc) is 2.19. The van der Waals surface area contributed by atoms with Gasteiger partial charge in [0.1, 0.15) is 12.7 Å². The molecule has 0 amide bonds. The number of Topliss-reactive ketones (excluding diaryl/α,β-unsaturated/α-hetero) is 1. The molecule has 0 aromatic heterocycles. The maximum Gasteiger partial charge on any atom is 0.305 e. The van der Waals surface area contributed by atoms with Crippen LogP contribution in [0.5, 0.6) is 0 Å². The SMILES string of the molecule is COC(=O)CC[C@@H]1OC(C)(C)OCC1=O. The van der Waals surface area contributed by atoms with E-state index in [1.165, 1.54) is 7.11 Å². The van der Waals surface area contributed by atoms with E-state index in [0.717, 1.165) is 0 Å². The van der Waals surface area contributed by atoms with Crippen molar-refractivity contribution in [2.75, 3.05) is 13.7 Å². The molecule has 1 heterocycles. The smallest absolute Gasteiger partial charge is 0.305 e. The molecule has 0 bridgehead atoms. The van der Waals surface area contributed by atoms with Gasteiger partial charge in [0.15, 0.2) is 11.6 Å². The van der Waals surface area contributed by atoms with E-state index in [-0.39, 0.29) is 24.8 Å². The van der Waals surface area contributed by atoms with E-state index in [4.69, 9.17) is 9.47 Å². The number of rotatable bonds is 3. The van der Waals surface area contributed by atoms with E-state index in [1.807, 2.05) is 0 Å². The van der Waals surface area contributed by atoms with E-state index in [1.54, 1.807) is 13.8 Å². The summed E-state index contributed by atoms with van der Waals surface area (Å²) in [5.41, 5.74) is 0. The summed E-state index contributed by atoms with van der Waals surface area (Å²) >= 11 is 0. The highest BCUT2D eigenvalue weighted by Gasteiger charge is 2.35. The number of ether oxygens (including phenoxy) is 3. The minimum atomic E-state index is -0.755. The predicted octanol–water partition coefficient (Wildman–Crippen LogP) is 0.660. The first-order valence-corrected chi connectivity index (χ1v) is 4.86. The van der Waals surface area contributed by atoms with Gasteiger partial charge in [-0.05, 0) is 20.3 Å². The molecule has 0 saturated carbocycles. The monoisotopic (exact) mass is 216 g/mol. The second-order valence-electron chi connectivity index (χ2n) is 3.88. The number of esters is 1. The van der Waals surface area contributed by atoms with E-state index < -0.39 is 11.9 Å². The number of carbonyl (C=O) groups is 2. The molecule has 0 aliphatic carbocycles. The Bertz CT molecular complexity index is 259. The minimum Gasteiger partial charge on any atom is -0.469 e. The van der Waals surface area contributed by atoms with Crippen molar-refractivity contribution in [1.29, 1.82) is 0 Å². The number of hydrogen-bond donors (Lipinski definition) is 0. The van der Waals surface area contributed by atoms with Crippen molar-refractivity contribution in [1.82, 2.24) is 0 Å². The van der Waals surface area contributed by atoms with Crippen LogP contribution in [0.15, 0.2) is 0 Å². The Labute approximate surface area is 88.7 Å². The Balaban J connectivity index is 2.45. The molecule has 0 unspecified atom stereocenters. The van der Waals surface area contributed by atoms with Gasteiger partial charge in [-0.3, -0.25) is 9.59 Å². The van der Waals surface area contributed by atoms with E-state index in [9.17, 15) is 9.59 Å². The molecule has 1 atom stereocenters. The first-order valence-electron chi connectivity index (χ1n) is 4.86. The van der Waals surface area contributed by atoms with Crippen molar-refractivity contribution < 1.29 is 23.8 Å². The van der Waals surface area contributed by atoms with Crippen molar-refractivity contribution in [3.63, 3.8) is 0 Å². The summed E-state index contributed by atoms with van der Waals surface area (Å²) in [6.45, 7) is 3.52. The van der Waals surface area contributed by atoms with Gasteiger partial charge in [0.2, 0.25) is 0 Å². The Kier molecular flexibility index (Phi) is 3.82. The van der Waals surface area contributed by atoms with Gasteiger partial charge in [-0.2, -0.15) is 0 Å². The molecular formula is C10H16O5. The lowest BCUT2D eigenvalue weighted by Gasteiger charge is -2.34. The zero-order chi connectivity index (χ0) is 11.5. The molecule has 0 spiro atoms. The molecule has 86 valence electrons. The molecular weight excluding hydrogens is 200 g/mol. The number of carbonyl (C=O) groups excluding carboxylic acids is 2. The molecule has 5 nitrogen and oxygen atoms in total. The standard InChI is InChI=1S/C10H16O5/c1-10(2)14-6-7(11)8(15-10)4-5-9(12)13-3/h8H,4-6H2,1-3H3/t8-/m0/s1. The van der Waals surface area contributed by atoms with Crippen molar-refractivity contribution in [2.45, 2.75) is 38.6 Å². The first kappa shape index (κ1) is 12.1. The van der Waals surface area contributed by atoms with E-state index in [2.05, 4.69) is 4.74 Å². The van der Waals surface area contributed by atoms with Gasteiger partial charge in [-0.1, -0.05) is 0 Å². The highest BCUT2D eigenvalue weighted by atomic mass is 16.7. The third-order valence-corrected chi connectivity index (χ3v) is 2.19. The summed E-state index contributed by atoms with van der Waals surface area (Å²) in [6, 6.07) is 0. The van der Waals surface area contributed by atoms with Crippen LogP contribution in [0.1, 0.15) is 26.7 Å². The fourth-order valence-electron chi connectivity index (χ4n) is 1.35. The van der Waals surface area contributed by atoms with Crippen molar-refractivity contribution >= 4 is 11.8 Å². The van der Waals surface area contributed by atoms with Crippen LogP contribution >= 0.6 is 0 Å². The fourth-order valence-corrected chi connectivity index (χ4v) is 1.35. The molecule has 1 saturated heterocycles. The summed E-state index contributed by atoms with van der Waals surface area (Å²) < 4.78 is 15.0. The average molecular weight is 216 g/mol. The molecule has 5 heteroatoms. The summed E-state index contributed by atoms with van der Waals surface area (Å²) in [6.07, 6.45) is -0.0331. The van der Waals surface area contributed by atoms with Gasteiger partial charge in [0.05, 0.1) is 7.11 Å². The van der Waals surface area contributed by atoms with Crippen LogP contribution < -0.4 is 0 Å². The van der Waals surface area contributed by atoms with Crippen LogP contribution in [0, 0.1) is 0 Å². The quantitative estimate of drug-likeness (QED) is 0.648. The topological polar surface area (TPSA) is 61.8 Å². The molecule has 0 aromatic rings. The lowest BCUT2D eigenvalue weighted by Crippen LogP contribution is -2.46. The Morgan fingerprint density at radius 3 is 2.87 bits per heavy atom. The Morgan fingerprint density at radius 2 is 2.27 bits per heavy atom. The van der Waals surface area contributed by atoms with Crippen LogP contribution in [0.4, 0.5) is 0 Å². The largest absolute Gasteiger partial charge is 0.469 e. The normalized spacial score (nSPS) is 25.0. The second-order valence-corrected chi connectivity index (χ2v) is 3.88. The Morgan fingerprint density at radius 1 is 1.60 bits per heavy atom. The van der Waals surface area contributed by atoms with Crippen LogP contribution in [0.2, 0.25) is 0 Å². The van der Waals surface area contributed by atoms with Gasteiger partial charge in [0.25, 0.3) is 0 Å². The maximum absolute atomic E-state index is 11.4. The van der Waals surface area contributed by atoms with E-state index >= 15 is 0 Å². The highest BCUT2D eigenvalue weighted by molar-refractivity contribution is 5.85. The fraction of sp³-hybridized carbons (Fsp3) is 0.800. The summed E-state index contributed by atoms with van der Waals surface area (Å²) in [7, 11) is 1.32. The highest BCUT2D eigenvalue weighted by Crippen LogP contribution is 2.22. The zero-order valence-corrected chi connectivity index (χ0v) is 9.24. The third kappa shape index (κ3) is 3.60. The molecule has 0 radical (unpaired) electrons. The number of methoxy groups -OCH3 is 1.